The van der Waals surface area contributed by atoms with E-state index in [-0.39, 0.29) is 17.3 Å². The van der Waals surface area contributed by atoms with Gasteiger partial charge in [-0.15, -0.1) is 0 Å². The van der Waals surface area contributed by atoms with Crippen LogP contribution >= 0.6 is 22.6 Å². The first kappa shape index (κ1) is 13.5. The Labute approximate surface area is 126 Å². The van der Waals surface area contributed by atoms with Crippen molar-refractivity contribution in [1.29, 1.82) is 0 Å². The summed E-state index contributed by atoms with van der Waals surface area (Å²) in [5, 5.41) is 0. The average molecular weight is 372 g/mol. The van der Waals surface area contributed by atoms with Gasteiger partial charge in [0.15, 0.2) is 5.78 Å². The van der Waals surface area contributed by atoms with Crippen molar-refractivity contribution in [3.63, 3.8) is 0 Å². The van der Waals surface area contributed by atoms with E-state index in [1.54, 1.807) is 0 Å². The molecule has 1 aromatic carbocycles. The second-order valence-electron chi connectivity index (χ2n) is 5.40. The van der Waals surface area contributed by atoms with Crippen LogP contribution in [0.15, 0.2) is 24.3 Å². The molecule has 2 heterocycles. The maximum absolute atomic E-state index is 12.6. The van der Waals surface area contributed by atoms with Crippen molar-refractivity contribution in [3.8, 4) is 0 Å². The van der Waals surface area contributed by atoms with Crippen molar-refractivity contribution in [2.24, 2.45) is 5.92 Å². The highest BCUT2D eigenvalue weighted by Gasteiger charge is 2.42. The Bertz CT molecular complexity index is 480. The van der Waals surface area contributed by atoms with Crippen LogP contribution in [0.2, 0.25) is 0 Å². The fraction of sp³-hybridized carbons (Fsp3) is 0.533. The molecule has 1 spiro atoms. The zero-order chi connectivity index (χ0) is 13.3. The SMILES string of the molecule is O=C(c1cccc(I)c1)C1CCOC2(CCOC2)C1. The average Bonchev–Trinajstić information content (AvgIpc) is 2.86. The van der Waals surface area contributed by atoms with Gasteiger partial charge in [0.1, 0.15) is 0 Å². The molecule has 0 saturated carbocycles. The molecular weight excluding hydrogens is 355 g/mol. The Kier molecular flexibility index (Phi) is 3.91. The largest absolute Gasteiger partial charge is 0.378 e. The van der Waals surface area contributed by atoms with E-state index in [4.69, 9.17) is 9.47 Å². The maximum Gasteiger partial charge on any atom is 0.166 e. The number of carbonyl (C=O) groups is 1. The zero-order valence-electron chi connectivity index (χ0n) is 10.7. The molecule has 4 heteroatoms. The number of halogens is 1. The summed E-state index contributed by atoms with van der Waals surface area (Å²) in [7, 11) is 0. The quantitative estimate of drug-likeness (QED) is 0.592. The van der Waals surface area contributed by atoms with E-state index in [1.165, 1.54) is 0 Å². The number of Topliss-reactive ketones (excluding diaryl/α,β-unsaturated/α-hetero) is 1. The van der Waals surface area contributed by atoms with Gasteiger partial charge >= 0.3 is 0 Å². The highest BCUT2D eigenvalue weighted by atomic mass is 127. The molecule has 2 unspecified atom stereocenters. The summed E-state index contributed by atoms with van der Waals surface area (Å²) in [5.74, 6) is 0.335. The molecule has 102 valence electrons. The fourth-order valence-corrected chi connectivity index (χ4v) is 3.54. The van der Waals surface area contributed by atoms with Crippen LogP contribution in [0.3, 0.4) is 0 Å². The van der Waals surface area contributed by atoms with E-state index in [1.807, 2.05) is 24.3 Å². The van der Waals surface area contributed by atoms with E-state index in [0.29, 0.717) is 13.2 Å². The summed E-state index contributed by atoms with van der Waals surface area (Å²) in [5.41, 5.74) is 0.633. The van der Waals surface area contributed by atoms with Crippen LogP contribution in [0.4, 0.5) is 0 Å². The molecule has 2 atom stereocenters. The molecule has 3 nitrogen and oxygen atoms in total. The lowest BCUT2D eigenvalue weighted by Crippen LogP contribution is -2.42. The third kappa shape index (κ3) is 2.85. The van der Waals surface area contributed by atoms with Crippen molar-refractivity contribution < 1.29 is 14.3 Å². The van der Waals surface area contributed by atoms with Gasteiger partial charge in [0.25, 0.3) is 0 Å². The van der Waals surface area contributed by atoms with Crippen LogP contribution in [0.5, 0.6) is 0 Å². The predicted octanol–water partition coefficient (Wildman–Crippen LogP) is 3.06. The minimum atomic E-state index is -0.194. The van der Waals surface area contributed by atoms with E-state index >= 15 is 0 Å². The molecule has 2 fully saturated rings. The second-order valence-corrected chi connectivity index (χ2v) is 6.64. The highest BCUT2D eigenvalue weighted by Crippen LogP contribution is 2.37. The Hall–Kier alpha value is -0.460. The Morgan fingerprint density at radius 2 is 2.26 bits per heavy atom. The molecule has 0 N–H and O–H groups in total. The second kappa shape index (κ2) is 5.50. The maximum atomic E-state index is 12.6. The number of hydrogen-bond acceptors (Lipinski definition) is 3. The lowest BCUT2D eigenvalue weighted by molar-refractivity contribution is -0.0920. The van der Waals surface area contributed by atoms with Crippen molar-refractivity contribution in [1.82, 2.24) is 0 Å². The van der Waals surface area contributed by atoms with Gasteiger partial charge in [0.05, 0.1) is 12.2 Å². The number of carbonyl (C=O) groups excluding carboxylic acids is 1. The van der Waals surface area contributed by atoms with Crippen LogP contribution < -0.4 is 0 Å². The molecule has 3 rings (SSSR count). The van der Waals surface area contributed by atoms with Crippen LogP contribution in [0.1, 0.15) is 29.6 Å². The third-order valence-corrected chi connectivity index (χ3v) is 4.71. The van der Waals surface area contributed by atoms with Crippen molar-refractivity contribution in [2.75, 3.05) is 19.8 Å². The lowest BCUT2D eigenvalue weighted by atomic mass is 9.81. The van der Waals surface area contributed by atoms with Crippen LogP contribution in [-0.2, 0) is 9.47 Å². The Morgan fingerprint density at radius 3 is 3.00 bits per heavy atom. The normalized spacial score (nSPS) is 30.7. The van der Waals surface area contributed by atoms with Gasteiger partial charge in [0, 0.05) is 34.7 Å². The minimum absolute atomic E-state index is 0.0775. The smallest absolute Gasteiger partial charge is 0.166 e. The van der Waals surface area contributed by atoms with Crippen LogP contribution in [-0.4, -0.2) is 31.2 Å². The topological polar surface area (TPSA) is 35.5 Å². The molecule has 19 heavy (non-hydrogen) atoms. The summed E-state index contributed by atoms with van der Waals surface area (Å²) in [4.78, 5) is 12.6. The molecule has 0 aliphatic carbocycles. The fourth-order valence-electron chi connectivity index (χ4n) is 2.99. The molecule has 0 radical (unpaired) electrons. The number of hydrogen-bond donors (Lipinski definition) is 0. The summed E-state index contributed by atoms with van der Waals surface area (Å²) >= 11 is 2.24. The third-order valence-electron chi connectivity index (χ3n) is 4.04. The first-order chi connectivity index (χ1) is 9.19. The van der Waals surface area contributed by atoms with Crippen LogP contribution in [0, 0.1) is 9.49 Å². The number of ether oxygens (including phenoxy) is 2. The zero-order valence-corrected chi connectivity index (χ0v) is 12.9. The van der Waals surface area contributed by atoms with Crippen molar-refractivity contribution >= 4 is 28.4 Å². The predicted molar refractivity (Wildman–Crippen MR) is 80.3 cm³/mol. The van der Waals surface area contributed by atoms with E-state index in [0.717, 1.165) is 35.0 Å². The first-order valence-electron chi connectivity index (χ1n) is 6.70. The van der Waals surface area contributed by atoms with E-state index in [2.05, 4.69) is 22.6 Å². The molecule has 0 bridgehead atoms. The van der Waals surface area contributed by atoms with Gasteiger partial charge in [-0.1, -0.05) is 12.1 Å². The molecule has 1 aromatic rings. The van der Waals surface area contributed by atoms with Gasteiger partial charge in [-0.05, 0) is 47.6 Å². The molecular formula is C15H17IO3. The summed E-state index contributed by atoms with van der Waals surface area (Å²) in [6.07, 6.45) is 2.55. The molecule has 0 aromatic heterocycles. The molecule has 0 amide bonds. The van der Waals surface area contributed by atoms with Gasteiger partial charge in [0.2, 0.25) is 0 Å². The van der Waals surface area contributed by atoms with Gasteiger partial charge in [-0.3, -0.25) is 4.79 Å². The molecule has 2 saturated heterocycles. The standard InChI is InChI=1S/C15H17IO3/c16-13-3-1-2-11(8-13)14(17)12-4-6-19-15(9-12)5-7-18-10-15/h1-3,8,12H,4-7,9-10H2. The Morgan fingerprint density at radius 1 is 1.37 bits per heavy atom. The minimum Gasteiger partial charge on any atom is -0.378 e. The van der Waals surface area contributed by atoms with Gasteiger partial charge < -0.3 is 9.47 Å². The molecule has 2 aliphatic rings. The van der Waals surface area contributed by atoms with Gasteiger partial charge in [-0.2, -0.15) is 0 Å². The number of rotatable bonds is 2. The van der Waals surface area contributed by atoms with E-state index < -0.39 is 0 Å². The van der Waals surface area contributed by atoms with Crippen molar-refractivity contribution in [2.45, 2.75) is 24.9 Å². The number of benzene rings is 1. The highest BCUT2D eigenvalue weighted by molar-refractivity contribution is 14.1. The van der Waals surface area contributed by atoms with Crippen molar-refractivity contribution in [3.05, 3.63) is 33.4 Å². The summed E-state index contributed by atoms with van der Waals surface area (Å²) in [6.45, 7) is 2.07. The first-order valence-corrected chi connectivity index (χ1v) is 7.78. The Balaban J connectivity index is 1.76. The summed E-state index contributed by atoms with van der Waals surface area (Å²) in [6, 6.07) is 7.84. The van der Waals surface area contributed by atoms with E-state index in [9.17, 15) is 4.79 Å². The van der Waals surface area contributed by atoms with Crippen LogP contribution in [0.25, 0.3) is 0 Å². The molecule has 2 aliphatic heterocycles. The number of ketones is 1. The van der Waals surface area contributed by atoms with Gasteiger partial charge in [-0.25, -0.2) is 0 Å². The lowest BCUT2D eigenvalue weighted by Gasteiger charge is -2.36. The summed E-state index contributed by atoms with van der Waals surface area (Å²) < 4.78 is 12.4. The monoisotopic (exact) mass is 372 g/mol.